The summed E-state index contributed by atoms with van der Waals surface area (Å²) in [4.78, 5) is 10.3. The molecule has 0 saturated heterocycles. The van der Waals surface area contributed by atoms with Gasteiger partial charge in [-0.3, -0.25) is 0 Å². The van der Waals surface area contributed by atoms with E-state index in [1.807, 2.05) is 6.07 Å². The van der Waals surface area contributed by atoms with Gasteiger partial charge < -0.3 is 0 Å². The molecule has 3 heteroatoms. The van der Waals surface area contributed by atoms with Gasteiger partial charge in [0.2, 0.25) is 0 Å². The SMILES string of the molecule is CC(CCCC(=O)O)[Te]c1ccccc1. The molecule has 0 aliphatic carbocycles. The number of carboxylic acid groups (broad SMARTS) is 1. The minimum absolute atomic E-state index is 0.144. The number of carbonyl (C=O) groups is 1. The molecule has 82 valence electrons. The van der Waals surface area contributed by atoms with Crippen molar-refractivity contribution in [2.45, 2.75) is 30.2 Å². The second-order valence-corrected chi connectivity index (χ2v) is 7.84. The summed E-state index contributed by atoms with van der Waals surface area (Å²) in [6.07, 6.45) is 2.17. The molecule has 1 aromatic carbocycles. The number of carboxylic acids is 1. The summed E-state index contributed by atoms with van der Waals surface area (Å²) in [5.74, 6) is -0.678. The van der Waals surface area contributed by atoms with E-state index in [9.17, 15) is 4.79 Å². The van der Waals surface area contributed by atoms with Gasteiger partial charge in [0.05, 0.1) is 0 Å². The Hall–Kier alpha value is -0.520. The van der Waals surface area contributed by atoms with Crippen molar-refractivity contribution in [3.8, 4) is 0 Å². The zero-order valence-electron chi connectivity index (χ0n) is 8.85. The Morgan fingerprint density at radius 3 is 2.67 bits per heavy atom. The average Bonchev–Trinajstić information content (AvgIpc) is 2.18. The summed E-state index contributed by atoms with van der Waals surface area (Å²) < 4.78 is 2.16. The van der Waals surface area contributed by atoms with Crippen LogP contribution in [0, 0.1) is 0 Å². The van der Waals surface area contributed by atoms with E-state index >= 15 is 0 Å². The van der Waals surface area contributed by atoms with E-state index in [4.69, 9.17) is 5.11 Å². The van der Waals surface area contributed by atoms with Crippen LogP contribution in [0.25, 0.3) is 0 Å². The molecule has 0 bridgehead atoms. The van der Waals surface area contributed by atoms with E-state index in [0.717, 1.165) is 12.8 Å². The van der Waals surface area contributed by atoms with Crippen LogP contribution in [0.3, 0.4) is 0 Å². The Morgan fingerprint density at radius 1 is 1.40 bits per heavy atom. The predicted octanol–water partition coefficient (Wildman–Crippen LogP) is 2.08. The fourth-order valence-corrected chi connectivity index (χ4v) is 4.37. The van der Waals surface area contributed by atoms with E-state index in [1.54, 1.807) is 0 Å². The molecule has 1 aromatic rings. The van der Waals surface area contributed by atoms with Gasteiger partial charge in [-0.15, -0.1) is 0 Å². The number of aliphatic carboxylic acids is 1. The zero-order chi connectivity index (χ0) is 11.1. The zero-order valence-corrected chi connectivity index (χ0v) is 11.2. The van der Waals surface area contributed by atoms with Crippen LogP contribution < -0.4 is 3.61 Å². The van der Waals surface area contributed by atoms with E-state index in [0.29, 0.717) is 10.4 Å². The second-order valence-electron chi connectivity index (χ2n) is 3.53. The second kappa shape index (κ2) is 6.87. The molecule has 0 saturated carbocycles. The Balaban J connectivity index is 2.24. The molecule has 1 unspecified atom stereocenters. The van der Waals surface area contributed by atoms with Gasteiger partial charge in [0.1, 0.15) is 0 Å². The minimum atomic E-state index is -0.678. The van der Waals surface area contributed by atoms with Crippen molar-refractivity contribution >= 4 is 30.5 Å². The molecule has 2 nitrogen and oxygen atoms in total. The normalized spacial score (nSPS) is 12.3. The maximum atomic E-state index is 10.3. The Bertz CT molecular complexity index is 298. The van der Waals surface area contributed by atoms with Crippen LogP contribution >= 0.6 is 0 Å². The van der Waals surface area contributed by atoms with Crippen LogP contribution in [-0.2, 0) is 4.79 Å². The Labute approximate surface area is 101 Å². The summed E-state index contributed by atoms with van der Waals surface area (Å²) in [6, 6.07) is 10.5. The van der Waals surface area contributed by atoms with Crippen LogP contribution in [0.4, 0.5) is 0 Å². The summed E-state index contributed by atoms with van der Waals surface area (Å²) in [7, 11) is 0. The van der Waals surface area contributed by atoms with Crippen molar-refractivity contribution in [3.63, 3.8) is 0 Å². The van der Waals surface area contributed by atoms with Crippen LogP contribution in [0.5, 0.6) is 0 Å². The van der Waals surface area contributed by atoms with Crippen molar-refractivity contribution in [3.05, 3.63) is 30.3 Å². The number of benzene rings is 1. The van der Waals surface area contributed by atoms with Gasteiger partial charge in [0.15, 0.2) is 0 Å². The van der Waals surface area contributed by atoms with E-state index in [1.165, 1.54) is 3.61 Å². The van der Waals surface area contributed by atoms with Crippen molar-refractivity contribution in [2.24, 2.45) is 0 Å². The van der Waals surface area contributed by atoms with Gasteiger partial charge in [-0.25, -0.2) is 0 Å². The molecule has 0 spiro atoms. The van der Waals surface area contributed by atoms with Crippen LogP contribution in [0.2, 0.25) is 3.97 Å². The van der Waals surface area contributed by atoms with Gasteiger partial charge in [-0.05, 0) is 0 Å². The first-order valence-corrected chi connectivity index (χ1v) is 7.63. The third-order valence-electron chi connectivity index (χ3n) is 2.08. The van der Waals surface area contributed by atoms with Crippen LogP contribution in [0.1, 0.15) is 26.2 Å². The molecule has 0 aliphatic rings. The Morgan fingerprint density at radius 2 is 2.07 bits per heavy atom. The molecular formula is C12H16O2Te. The topological polar surface area (TPSA) is 37.3 Å². The summed E-state index contributed by atoms with van der Waals surface area (Å²) in [5.41, 5.74) is 0. The summed E-state index contributed by atoms with van der Waals surface area (Å²) in [5, 5.41) is 8.53. The molecule has 15 heavy (non-hydrogen) atoms. The van der Waals surface area contributed by atoms with Crippen molar-refractivity contribution < 1.29 is 9.90 Å². The maximum absolute atomic E-state index is 10.3. The molecule has 1 rings (SSSR count). The predicted molar refractivity (Wildman–Crippen MR) is 62.7 cm³/mol. The van der Waals surface area contributed by atoms with Gasteiger partial charge >= 0.3 is 101 Å². The fraction of sp³-hybridized carbons (Fsp3) is 0.417. The molecule has 0 amide bonds. The van der Waals surface area contributed by atoms with Crippen LogP contribution in [-0.4, -0.2) is 32.0 Å². The first-order chi connectivity index (χ1) is 7.18. The van der Waals surface area contributed by atoms with E-state index < -0.39 is 5.97 Å². The van der Waals surface area contributed by atoms with Crippen LogP contribution in [0.15, 0.2) is 30.3 Å². The monoisotopic (exact) mass is 322 g/mol. The fourth-order valence-electron chi connectivity index (χ4n) is 1.33. The standard InChI is InChI=1S/C12H16O2Te/c1-10(6-5-9-12(13)14)15-11-7-3-2-4-8-11/h2-4,7-8,10H,5-6,9H2,1H3,(H,13,14). The molecule has 1 atom stereocenters. The third-order valence-corrected chi connectivity index (χ3v) is 5.46. The van der Waals surface area contributed by atoms with Gasteiger partial charge in [-0.1, -0.05) is 0 Å². The third kappa shape index (κ3) is 5.81. The molecule has 0 fully saturated rings. The van der Waals surface area contributed by atoms with Gasteiger partial charge in [0.25, 0.3) is 0 Å². The van der Waals surface area contributed by atoms with Gasteiger partial charge in [0, 0.05) is 0 Å². The number of hydrogen-bond donors (Lipinski definition) is 1. The molecule has 0 aliphatic heterocycles. The quantitative estimate of drug-likeness (QED) is 0.815. The van der Waals surface area contributed by atoms with Crippen molar-refractivity contribution in [1.29, 1.82) is 0 Å². The summed E-state index contributed by atoms with van der Waals surface area (Å²) in [6.45, 7) is 2.23. The Kier molecular flexibility index (Phi) is 5.75. The number of rotatable bonds is 6. The molecule has 0 aromatic heterocycles. The van der Waals surface area contributed by atoms with Crippen molar-refractivity contribution in [2.75, 3.05) is 0 Å². The molecule has 1 N–H and O–H groups in total. The average molecular weight is 320 g/mol. The summed E-state index contributed by atoms with van der Waals surface area (Å²) >= 11 is -0.144. The molecular weight excluding hydrogens is 304 g/mol. The van der Waals surface area contributed by atoms with E-state index in [-0.39, 0.29) is 20.9 Å². The van der Waals surface area contributed by atoms with Crippen molar-refractivity contribution in [1.82, 2.24) is 0 Å². The van der Waals surface area contributed by atoms with Gasteiger partial charge in [-0.2, -0.15) is 0 Å². The number of hydrogen-bond acceptors (Lipinski definition) is 1. The molecule has 0 heterocycles. The first-order valence-electron chi connectivity index (χ1n) is 5.12. The van der Waals surface area contributed by atoms with E-state index in [2.05, 4.69) is 31.2 Å². The molecule has 0 radical (unpaired) electrons. The first kappa shape index (κ1) is 12.5.